The van der Waals surface area contributed by atoms with Crippen molar-refractivity contribution >= 4 is 50.7 Å². The second-order valence-corrected chi connectivity index (χ2v) is 13.0. The van der Waals surface area contributed by atoms with Crippen molar-refractivity contribution in [3.8, 4) is 0 Å². The van der Waals surface area contributed by atoms with E-state index in [2.05, 4.69) is 5.32 Å². The molecule has 228 valence electrons. The number of halogens is 3. The minimum Gasteiger partial charge on any atom is -0.351 e. The van der Waals surface area contributed by atoms with Crippen LogP contribution in [0.25, 0.3) is 10.9 Å². The second kappa shape index (κ2) is 10.9. The lowest BCUT2D eigenvalue weighted by atomic mass is 10.1. The molecule has 0 bridgehead atoms. The number of carbonyl (C=O) groups excluding carboxylic acids is 3. The number of hydrogen-bond acceptors (Lipinski definition) is 7. The first kappa shape index (κ1) is 29.6. The highest BCUT2D eigenvalue weighted by molar-refractivity contribution is 8.24. The molecule has 13 heteroatoms. The normalized spacial score (nSPS) is 17.6. The van der Waals surface area contributed by atoms with Crippen molar-refractivity contribution in [2.75, 3.05) is 22.5 Å². The van der Waals surface area contributed by atoms with Crippen molar-refractivity contribution in [1.29, 1.82) is 0 Å². The SMILES string of the molecule is Cc1ccc2nc(N3CCS(O)(O)c4ccccc4C3)cc(NC(=O)CC(N3C(=O)c4ccccc4C3=O)C(F)(F)F)c2c1. The van der Waals surface area contributed by atoms with Gasteiger partial charge < -0.3 is 10.2 Å². The first-order chi connectivity index (χ1) is 20.8. The quantitative estimate of drug-likeness (QED) is 0.225. The van der Waals surface area contributed by atoms with Gasteiger partial charge in [-0.15, -0.1) is 0 Å². The molecule has 3 aromatic carbocycles. The van der Waals surface area contributed by atoms with E-state index in [0.717, 1.165) is 5.56 Å². The Morgan fingerprint density at radius 3 is 2.34 bits per heavy atom. The van der Waals surface area contributed by atoms with Crippen LogP contribution in [0.2, 0.25) is 0 Å². The summed E-state index contributed by atoms with van der Waals surface area (Å²) in [7, 11) is -3.07. The number of fused-ring (bicyclic) bond motifs is 3. The number of carbonyl (C=O) groups is 3. The average Bonchev–Trinajstić information content (AvgIpc) is 3.13. The number of aromatic nitrogens is 1. The number of rotatable bonds is 5. The molecule has 3 amide bonds. The lowest BCUT2D eigenvalue weighted by molar-refractivity contribution is -0.174. The van der Waals surface area contributed by atoms with Gasteiger partial charge in [0.15, 0.2) is 0 Å². The van der Waals surface area contributed by atoms with Crippen molar-refractivity contribution in [3.63, 3.8) is 0 Å². The summed E-state index contributed by atoms with van der Waals surface area (Å²) < 4.78 is 64.4. The van der Waals surface area contributed by atoms with E-state index in [0.29, 0.717) is 27.2 Å². The molecule has 1 unspecified atom stereocenters. The highest BCUT2D eigenvalue weighted by Gasteiger charge is 2.52. The van der Waals surface area contributed by atoms with Gasteiger partial charge in [-0.2, -0.15) is 23.8 Å². The van der Waals surface area contributed by atoms with Gasteiger partial charge in [0.1, 0.15) is 11.9 Å². The lowest BCUT2D eigenvalue weighted by Crippen LogP contribution is -2.50. The maximum Gasteiger partial charge on any atom is 0.409 e. The molecule has 0 saturated heterocycles. The van der Waals surface area contributed by atoms with E-state index in [1.165, 1.54) is 30.3 Å². The van der Waals surface area contributed by atoms with E-state index < -0.39 is 47.0 Å². The maximum atomic E-state index is 14.3. The number of benzene rings is 3. The number of amides is 3. The molecular weight excluding hydrogens is 597 g/mol. The van der Waals surface area contributed by atoms with Gasteiger partial charge >= 0.3 is 6.18 Å². The Labute approximate surface area is 251 Å². The molecule has 1 aromatic heterocycles. The van der Waals surface area contributed by atoms with E-state index in [1.807, 2.05) is 11.8 Å². The van der Waals surface area contributed by atoms with E-state index >= 15 is 0 Å². The predicted molar refractivity (Wildman–Crippen MR) is 160 cm³/mol. The fourth-order valence-electron chi connectivity index (χ4n) is 5.59. The molecule has 0 aliphatic carbocycles. The Kier molecular flexibility index (Phi) is 7.34. The first-order valence-electron chi connectivity index (χ1n) is 13.7. The van der Waals surface area contributed by atoms with Crippen LogP contribution < -0.4 is 10.2 Å². The molecule has 1 atom stereocenters. The van der Waals surface area contributed by atoms with Crippen LogP contribution in [0.1, 0.15) is 38.3 Å². The Morgan fingerprint density at radius 2 is 1.66 bits per heavy atom. The zero-order valence-electron chi connectivity index (χ0n) is 23.3. The summed E-state index contributed by atoms with van der Waals surface area (Å²) in [5.41, 5.74) is 1.85. The Balaban J connectivity index is 1.33. The molecule has 3 heterocycles. The van der Waals surface area contributed by atoms with Gasteiger partial charge in [0.25, 0.3) is 11.8 Å². The summed E-state index contributed by atoms with van der Waals surface area (Å²) in [5, 5.41) is 3.05. The third-order valence-electron chi connectivity index (χ3n) is 7.77. The maximum absolute atomic E-state index is 14.3. The van der Waals surface area contributed by atoms with Crippen LogP contribution in [0.5, 0.6) is 0 Å². The highest BCUT2D eigenvalue weighted by Crippen LogP contribution is 2.51. The van der Waals surface area contributed by atoms with Crippen LogP contribution in [0, 0.1) is 6.92 Å². The summed E-state index contributed by atoms with van der Waals surface area (Å²) >= 11 is 0. The topological polar surface area (TPSA) is 123 Å². The van der Waals surface area contributed by atoms with Gasteiger partial charge in [-0.25, -0.2) is 4.98 Å². The first-order valence-corrected chi connectivity index (χ1v) is 15.4. The van der Waals surface area contributed by atoms with Crippen molar-refractivity contribution < 1.29 is 36.7 Å². The minimum absolute atomic E-state index is 0.0346. The lowest BCUT2D eigenvalue weighted by Gasteiger charge is -2.32. The zero-order chi connectivity index (χ0) is 31.4. The molecule has 3 N–H and O–H groups in total. The van der Waals surface area contributed by atoms with Crippen molar-refractivity contribution in [2.45, 2.75) is 37.0 Å². The zero-order valence-corrected chi connectivity index (χ0v) is 24.2. The Hall–Kier alpha value is -4.46. The second-order valence-electron chi connectivity index (χ2n) is 10.8. The molecule has 2 aliphatic heterocycles. The van der Waals surface area contributed by atoms with Crippen molar-refractivity contribution in [2.24, 2.45) is 0 Å². The Morgan fingerprint density at radius 1 is 1.00 bits per heavy atom. The van der Waals surface area contributed by atoms with E-state index in [9.17, 15) is 36.7 Å². The molecule has 2 aliphatic rings. The molecular formula is C31H27F3N4O5S. The van der Waals surface area contributed by atoms with Gasteiger partial charge in [-0.3, -0.25) is 28.4 Å². The third kappa shape index (κ3) is 5.38. The van der Waals surface area contributed by atoms with Gasteiger partial charge in [-0.05, 0) is 42.8 Å². The molecule has 0 spiro atoms. The molecule has 0 saturated carbocycles. The fourth-order valence-corrected chi connectivity index (χ4v) is 7.14. The third-order valence-corrected chi connectivity index (χ3v) is 9.63. The predicted octanol–water partition coefficient (Wildman–Crippen LogP) is 6.23. The molecule has 0 fully saturated rings. The minimum atomic E-state index is -5.07. The average molecular weight is 625 g/mol. The number of aryl methyl sites for hydroxylation is 1. The highest BCUT2D eigenvalue weighted by atomic mass is 32.3. The van der Waals surface area contributed by atoms with Crippen LogP contribution in [-0.4, -0.2) is 61.2 Å². The van der Waals surface area contributed by atoms with Crippen LogP contribution in [-0.2, 0) is 11.3 Å². The van der Waals surface area contributed by atoms with Gasteiger partial charge in [0.05, 0.1) is 39.4 Å². The number of alkyl halides is 3. The van der Waals surface area contributed by atoms with Crippen LogP contribution in [0.15, 0.2) is 77.7 Å². The largest absolute Gasteiger partial charge is 0.409 e. The number of pyridine rings is 1. The summed E-state index contributed by atoms with van der Waals surface area (Å²) in [6, 6.07) is 16.5. The Bertz CT molecular complexity index is 1800. The summed E-state index contributed by atoms with van der Waals surface area (Å²) in [6.45, 7) is 2.31. The summed E-state index contributed by atoms with van der Waals surface area (Å²) in [5.74, 6) is -2.87. The van der Waals surface area contributed by atoms with Crippen molar-refractivity contribution in [1.82, 2.24) is 9.88 Å². The summed E-state index contributed by atoms with van der Waals surface area (Å²) in [4.78, 5) is 46.1. The van der Waals surface area contributed by atoms with E-state index in [1.54, 1.807) is 42.5 Å². The molecule has 4 aromatic rings. The van der Waals surface area contributed by atoms with E-state index in [-0.39, 0.29) is 40.6 Å². The molecule has 44 heavy (non-hydrogen) atoms. The summed E-state index contributed by atoms with van der Waals surface area (Å²) in [6.07, 6.45) is -6.28. The van der Waals surface area contributed by atoms with Crippen LogP contribution in [0.3, 0.4) is 0 Å². The number of imide groups is 1. The number of anilines is 2. The van der Waals surface area contributed by atoms with E-state index in [4.69, 9.17) is 4.98 Å². The number of nitrogens with zero attached hydrogens (tertiary/aromatic N) is 3. The number of nitrogens with one attached hydrogen (secondary N) is 1. The van der Waals surface area contributed by atoms with Gasteiger partial charge in [0.2, 0.25) is 5.91 Å². The van der Waals surface area contributed by atoms with Gasteiger partial charge in [-0.1, -0.05) is 42.0 Å². The molecule has 0 radical (unpaired) electrons. The molecule has 6 rings (SSSR count). The monoisotopic (exact) mass is 624 g/mol. The van der Waals surface area contributed by atoms with Crippen molar-refractivity contribution in [3.05, 3.63) is 95.1 Å². The number of hydrogen-bond donors (Lipinski definition) is 3. The smallest absolute Gasteiger partial charge is 0.351 e. The van der Waals surface area contributed by atoms with Gasteiger partial charge in [0, 0.05) is 24.5 Å². The standard InChI is InChI=1S/C31H27F3N4O5S/c1-18-10-11-23-22(14-18)24(15-27(35-23)37-12-13-44(42,43)25-9-5-2-6-19(25)17-37)36-28(39)16-26(31(32,33)34)38-29(40)20-7-3-4-8-21(20)30(38)41/h2-11,14-15,26,42-43H,12-13,16-17H2,1H3,(H,35,36,39). The fraction of sp³-hybridized carbons (Fsp3) is 0.226. The van der Waals surface area contributed by atoms with Crippen LogP contribution in [0.4, 0.5) is 24.7 Å². The van der Waals surface area contributed by atoms with Crippen LogP contribution >= 0.6 is 10.6 Å². The molecule has 9 nitrogen and oxygen atoms in total.